The highest BCUT2D eigenvalue weighted by molar-refractivity contribution is 5.76. The van der Waals surface area contributed by atoms with Crippen molar-refractivity contribution >= 4 is 5.91 Å². The van der Waals surface area contributed by atoms with Crippen LogP contribution in [0.2, 0.25) is 0 Å². The number of nitrogens with two attached hydrogens (primary N) is 1. The molecule has 3 heteroatoms. The predicted octanol–water partition coefficient (Wildman–Crippen LogP) is 3.29. The molecule has 3 nitrogen and oxygen atoms in total. The van der Waals surface area contributed by atoms with Gasteiger partial charge >= 0.3 is 0 Å². The number of hydrogen-bond acceptors (Lipinski definition) is 2. The fraction of sp³-hybridized carbons (Fsp3) is 0.611. The highest BCUT2D eigenvalue weighted by atomic mass is 16.2. The highest BCUT2D eigenvalue weighted by Gasteiger charge is 2.29. The van der Waals surface area contributed by atoms with Gasteiger partial charge in [-0.2, -0.15) is 0 Å². The van der Waals surface area contributed by atoms with Crippen molar-refractivity contribution in [2.45, 2.75) is 52.0 Å². The van der Waals surface area contributed by atoms with Gasteiger partial charge in [0, 0.05) is 13.5 Å². The molecule has 116 valence electrons. The van der Waals surface area contributed by atoms with Crippen LogP contribution in [0.3, 0.4) is 0 Å². The smallest absolute Gasteiger partial charge is 0.222 e. The zero-order chi connectivity index (χ0) is 15.5. The molecular formula is C18H28N2O. The van der Waals surface area contributed by atoms with E-state index < -0.39 is 0 Å². The molecule has 0 aromatic heterocycles. The molecule has 0 radical (unpaired) electrons. The SMILES string of the molecule is CN(C(=O)CCC(C)(C)CCN)C1CCc2ccccc21. The van der Waals surface area contributed by atoms with Crippen molar-refractivity contribution in [3.05, 3.63) is 35.4 Å². The first-order chi connectivity index (χ1) is 9.94. The van der Waals surface area contributed by atoms with Crippen molar-refractivity contribution in [2.24, 2.45) is 11.1 Å². The summed E-state index contributed by atoms with van der Waals surface area (Å²) in [5.41, 5.74) is 8.51. The Kier molecular flexibility index (Phi) is 5.04. The lowest BCUT2D eigenvalue weighted by Gasteiger charge is -2.28. The molecule has 21 heavy (non-hydrogen) atoms. The van der Waals surface area contributed by atoms with Gasteiger partial charge in [0.25, 0.3) is 0 Å². The average Bonchev–Trinajstić information content (AvgIpc) is 2.88. The largest absolute Gasteiger partial charge is 0.339 e. The molecule has 1 aliphatic rings. The average molecular weight is 288 g/mol. The first-order valence-electron chi connectivity index (χ1n) is 7.98. The van der Waals surface area contributed by atoms with Crippen LogP contribution in [0.1, 0.15) is 56.7 Å². The number of hydrogen-bond donors (Lipinski definition) is 1. The molecule has 1 aromatic carbocycles. The van der Waals surface area contributed by atoms with Crippen molar-refractivity contribution < 1.29 is 4.79 Å². The summed E-state index contributed by atoms with van der Waals surface area (Å²) in [5, 5.41) is 0. The maximum Gasteiger partial charge on any atom is 0.222 e. The third kappa shape index (κ3) is 3.85. The number of fused-ring (bicyclic) bond motifs is 1. The Morgan fingerprint density at radius 3 is 2.76 bits per heavy atom. The number of benzene rings is 1. The van der Waals surface area contributed by atoms with Crippen molar-refractivity contribution in [1.82, 2.24) is 4.90 Å². The molecule has 0 aliphatic heterocycles. The number of nitrogens with zero attached hydrogens (tertiary/aromatic N) is 1. The van der Waals surface area contributed by atoms with Crippen molar-refractivity contribution in [3.8, 4) is 0 Å². The van der Waals surface area contributed by atoms with Crippen molar-refractivity contribution in [1.29, 1.82) is 0 Å². The second-order valence-corrected chi connectivity index (χ2v) is 6.96. The van der Waals surface area contributed by atoms with Crippen LogP contribution in [-0.4, -0.2) is 24.4 Å². The van der Waals surface area contributed by atoms with Gasteiger partial charge in [-0.1, -0.05) is 38.1 Å². The van der Waals surface area contributed by atoms with E-state index in [1.165, 1.54) is 11.1 Å². The molecule has 0 heterocycles. The van der Waals surface area contributed by atoms with Crippen LogP contribution in [0.15, 0.2) is 24.3 Å². The van der Waals surface area contributed by atoms with E-state index in [0.29, 0.717) is 13.0 Å². The Morgan fingerprint density at radius 2 is 2.05 bits per heavy atom. The molecule has 1 aliphatic carbocycles. The van der Waals surface area contributed by atoms with Crippen LogP contribution < -0.4 is 5.73 Å². The number of carbonyl (C=O) groups excluding carboxylic acids is 1. The molecule has 1 unspecified atom stereocenters. The summed E-state index contributed by atoms with van der Waals surface area (Å²) in [7, 11) is 1.95. The van der Waals surface area contributed by atoms with Crippen LogP contribution >= 0.6 is 0 Å². The third-order valence-corrected chi connectivity index (χ3v) is 4.80. The Balaban J connectivity index is 1.95. The van der Waals surface area contributed by atoms with E-state index in [1.807, 2.05) is 11.9 Å². The summed E-state index contributed by atoms with van der Waals surface area (Å²) in [6, 6.07) is 8.75. The summed E-state index contributed by atoms with van der Waals surface area (Å²) in [6.45, 7) is 5.07. The lowest BCUT2D eigenvalue weighted by molar-refractivity contribution is -0.132. The first kappa shape index (κ1) is 16.0. The number of amides is 1. The maximum atomic E-state index is 12.5. The standard InChI is InChI=1S/C18H28N2O/c1-18(2,12-13-19)11-10-17(21)20(3)16-9-8-14-6-4-5-7-15(14)16/h4-7,16H,8-13,19H2,1-3H3. The molecule has 1 amide bonds. The van der Waals surface area contributed by atoms with E-state index in [4.69, 9.17) is 5.73 Å². The summed E-state index contributed by atoms with van der Waals surface area (Å²) in [4.78, 5) is 14.4. The van der Waals surface area contributed by atoms with Gasteiger partial charge < -0.3 is 10.6 Å². The molecular weight excluding hydrogens is 260 g/mol. The summed E-state index contributed by atoms with van der Waals surface area (Å²) < 4.78 is 0. The fourth-order valence-corrected chi connectivity index (χ4v) is 3.25. The second kappa shape index (κ2) is 6.61. The second-order valence-electron chi connectivity index (χ2n) is 6.96. The summed E-state index contributed by atoms with van der Waals surface area (Å²) >= 11 is 0. The van der Waals surface area contributed by atoms with E-state index >= 15 is 0 Å². The topological polar surface area (TPSA) is 46.3 Å². The predicted molar refractivity (Wildman–Crippen MR) is 87.0 cm³/mol. The Labute approximate surface area is 128 Å². The molecule has 2 N–H and O–H groups in total. The van der Waals surface area contributed by atoms with Gasteiger partial charge in [-0.25, -0.2) is 0 Å². The fourth-order valence-electron chi connectivity index (χ4n) is 3.25. The number of rotatable bonds is 6. The van der Waals surface area contributed by atoms with Gasteiger partial charge in [0.1, 0.15) is 0 Å². The summed E-state index contributed by atoms with van der Waals surface area (Å²) in [6.07, 6.45) is 4.62. The van der Waals surface area contributed by atoms with Crippen LogP contribution in [0.4, 0.5) is 0 Å². The van der Waals surface area contributed by atoms with E-state index in [2.05, 4.69) is 38.1 Å². The maximum absolute atomic E-state index is 12.5. The normalized spacial score (nSPS) is 17.6. The van der Waals surface area contributed by atoms with Crippen LogP contribution in [-0.2, 0) is 11.2 Å². The van der Waals surface area contributed by atoms with Crippen LogP contribution in [0.25, 0.3) is 0 Å². The van der Waals surface area contributed by atoms with E-state index in [-0.39, 0.29) is 17.4 Å². The van der Waals surface area contributed by atoms with Crippen molar-refractivity contribution in [3.63, 3.8) is 0 Å². The zero-order valence-corrected chi connectivity index (χ0v) is 13.6. The Hall–Kier alpha value is -1.35. The number of aryl methyl sites for hydroxylation is 1. The monoisotopic (exact) mass is 288 g/mol. The van der Waals surface area contributed by atoms with E-state index in [1.54, 1.807) is 0 Å². The third-order valence-electron chi connectivity index (χ3n) is 4.80. The van der Waals surface area contributed by atoms with Gasteiger partial charge in [-0.3, -0.25) is 4.79 Å². The number of carbonyl (C=O) groups is 1. The highest BCUT2D eigenvalue weighted by Crippen LogP contribution is 2.35. The Bertz CT molecular complexity index is 496. The summed E-state index contributed by atoms with van der Waals surface area (Å²) in [5.74, 6) is 0.252. The van der Waals surface area contributed by atoms with Gasteiger partial charge in [-0.15, -0.1) is 0 Å². The quantitative estimate of drug-likeness (QED) is 0.873. The zero-order valence-electron chi connectivity index (χ0n) is 13.6. The molecule has 0 spiro atoms. The molecule has 0 saturated carbocycles. The van der Waals surface area contributed by atoms with Crippen LogP contribution in [0, 0.1) is 5.41 Å². The lowest BCUT2D eigenvalue weighted by Crippen LogP contribution is -2.31. The lowest BCUT2D eigenvalue weighted by atomic mass is 9.84. The van der Waals surface area contributed by atoms with Gasteiger partial charge in [0.05, 0.1) is 6.04 Å². The minimum Gasteiger partial charge on any atom is -0.339 e. The molecule has 1 atom stereocenters. The van der Waals surface area contributed by atoms with Gasteiger partial charge in [0.2, 0.25) is 5.91 Å². The van der Waals surface area contributed by atoms with Crippen molar-refractivity contribution in [2.75, 3.05) is 13.6 Å². The van der Waals surface area contributed by atoms with E-state index in [9.17, 15) is 4.79 Å². The molecule has 1 aromatic rings. The molecule has 0 saturated heterocycles. The van der Waals surface area contributed by atoms with Crippen LogP contribution in [0.5, 0.6) is 0 Å². The van der Waals surface area contributed by atoms with Gasteiger partial charge in [-0.05, 0) is 48.8 Å². The first-order valence-corrected chi connectivity index (χ1v) is 7.98. The minimum atomic E-state index is 0.152. The molecule has 0 bridgehead atoms. The van der Waals surface area contributed by atoms with E-state index in [0.717, 1.165) is 25.7 Å². The Morgan fingerprint density at radius 1 is 1.33 bits per heavy atom. The molecule has 2 rings (SSSR count). The minimum absolute atomic E-state index is 0.152. The van der Waals surface area contributed by atoms with Gasteiger partial charge in [0.15, 0.2) is 0 Å². The molecule has 0 fully saturated rings.